The molecule has 0 spiro atoms. The largest absolute Gasteiger partial charge is 0.381 e. The van der Waals surface area contributed by atoms with Crippen LogP contribution in [0.4, 0.5) is 5.69 Å². The second-order valence-electron chi connectivity index (χ2n) is 5.84. The van der Waals surface area contributed by atoms with Gasteiger partial charge in [0.15, 0.2) is 0 Å². The SMILES string of the molecule is CCC1CCCCC1Nc1cccc2c(=O)[nH][nH]c(=O)c12. The Bertz CT molecular complexity index is 747. The van der Waals surface area contributed by atoms with E-state index in [0.29, 0.717) is 22.7 Å². The first-order chi connectivity index (χ1) is 10.2. The van der Waals surface area contributed by atoms with E-state index < -0.39 is 0 Å². The van der Waals surface area contributed by atoms with Crippen molar-refractivity contribution in [2.45, 2.75) is 45.1 Å². The Morgan fingerprint density at radius 3 is 2.71 bits per heavy atom. The van der Waals surface area contributed by atoms with Gasteiger partial charge in [0.05, 0.1) is 10.8 Å². The molecule has 0 amide bonds. The lowest BCUT2D eigenvalue weighted by atomic mass is 9.82. The van der Waals surface area contributed by atoms with E-state index in [4.69, 9.17) is 0 Å². The lowest BCUT2D eigenvalue weighted by Crippen LogP contribution is -2.32. The van der Waals surface area contributed by atoms with E-state index in [-0.39, 0.29) is 11.1 Å². The third kappa shape index (κ3) is 2.60. The van der Waals surface area contributed by atoms with Gasteiger partial charge in [-0.05, 0) is 30.9 Å². The highest BCUT2D eigenvalue weighted by Crippen LogP contribution is 2.30. The van der Waals surface area contributed by atoms with Gasteiger partial charge in [0.2, 0.25) is 0 Å². The van der Waals surface area contributed by atoms with E-state index in [1.54, 1.807) is 6.07 Å². The van der Waals surface area contributed by atoms with Crippen LogP contribution in [0.3, 0.4) is 0 Å². The molecule has 2 aromatic rings. The molecule has 1 saturated carbocycles. The summed E-state index contributed by atoms with van der Waals surface area (Å²) in [5.74, 6) is 0.634. The van der Waals surface area contributed by atoms with Crippen molar-refractivity contribution in [2.75, 3.05) is 5.32 Å². The summed E-state index contributed by atoms with van der Waals surface area (Å²) in [5.41, 5.74) is 0.255. The molecule has 3 rings (SSSR count). The molecule has 0 saturated heterocycles. The number of fused-ring (bicyclic) bond motifs is 1. The molecular weight excluding hydrogens is 266 g/mol. The Hall–Kier alpha value is -2.04. The molecule has 3 N–H and O–H groups in total. The standard InChI is InChI=1S/C16H21N3O2/c1-2-10-6-3-4-8-12(10)17-13-9-5-7-11-14(13)16(21)19-18-15(11)20/h5,7,9-10,12,17H,2-4,6,8H2,1H3,(H,18,20)(H,19,21). The maximum Gasteiger partial charge on any atom is 0.272 e. The fourth-order valence-corrected chi connectivity index (χ4v) is 3.44. The minimum atomic E-state index is -0.260. The zero-order chi connectivity index (χ0) is 14.8. The third-order valence-corrected chi connectivity index (χ3v) is 4.60. The molecular formula is C16H21N3O2. The minimum Gasteiger partial charge on any atom is -0.381 e. The quantitative estimate of drug-likeness (QED) is 0.812. The molecule has 1 aliphatic carbocycles. The van der Waals surface area contributed by atoms with Crippen LogP contribution in [0.25, 0.3) is 10.8 Å². The maximum atomic E-state index is 12.1. The van der Waals surface area contributed by atoms with Gasteiger partial charge in [-0.1, -0.05) is 32.3 Å². The first-order valence-electron chi connectivity index (χ1n) is 7.71. The van der Waals surface area contributed by atoms with Crippen LogP contribution in [0.1, 0.15) is 39.0 Å². The molecule has 1 aromatic heterocycles. The van der Waals surface area contributed by atoms with Crippen LogP contribution < -0.4 is 16.4 Å². The van der Waals surface area contributed by atoms with Gasteiger partial charge in [0.1, 0.15) is 0 Å². The van der Waals surface area contributed by atoms with E-state index in [1.807, 2.05) is 12.1 Å². The number of nitrogens with one attached hydrogen (secondary N) is 3. The van der Waals surface area contributed by atoms with E-state index in [9.17, 15) is 9.59 Å². The minimum absolute atomic E-state index is 0.253. The number of aromatic nitrogens is 2. The average Bonchev–Trinajstić information content (AvgIpc) is 2.52. The Balaban J connectivity index is 2.03. The van der Waals surface area contributed by atoms with Crippen LogP contribution in [0.5, 0.6) is 0 Å². The van der Waals surface area contributed by atoms with Crippen LogP contribution in [-0.4, -0.2) is 16.2 Å². The van der Waals surface area contributed by atoms with Gasteiger partial charge in [-0.25, -0.2) is 0 Å². The van der Waals surface area contributed by atoms with Gasteiger partial charge in [-0.2, -0.15) is 0 Å². The number of hydrogen-bond acceptors (Lipinski definition) is 3. The van der Waals surface area contributed by atoms with E-state index in [0.717, 1.165) is 18.5 Å². The predicted octanol–water partition coefficient (Wildman–Crippen LogP) is 2.60. The molecule has 1 aliphatic rings. The summed E-state index contributed by atoms with van der Waals surface area (Å²) < 4.78 is 0. The van der Waals surface area contributed by atoms with Crippen LogP contribution in [0.2, 0.25) is 0 Å². The van der Waals surface area contributed by atoms with Crippen LogP contribution in [-0.2, 0) is 0 Å². The van der Waals surface area contributed by atoms with Crippen LogP contribution in [0.15, 0.2) is 27.8 Å². The highest BCUT2D eigenvalue weighted by Gasteiger charge is 2.24. The number of rotatable bonds is 3. The molecule has 5 nitrogen and oxygen atoms in total. The lowest BCUT2D eigenvalue weighted by Gasteiger charge is -2.32. The average molecular weight is 287 g/mol. The van der Waals surface area contributed by atoms with E-state index in [1.165, 1.54) is 19.3 Å². The molecule has 1 heterocycles. The predicted molar refractivity (Wildman–Crippen MR) is 84.8 cm³/mol. The monoisotopic (exact) mass is 287 g/mol. The summed E-state index contributed by atoms with van der Waals surface area (Å²) >= 11 is 0. The third-order valence-electron chi connectivity index (χ3n) is 4.60. The molecule has 2 atom stereocenters. The van der Waals surface area contributed by atoms with Crippen molar-refractivity contribution < 1.29 is 0 Å². The summed E-state index contributed by atoms with van der Waals surface area (Å²) in [6, 6.07) is 5.78. The highest BCUT2D eigenvalue weighted by molar-refractivity contribution is 5.92. The molecule has 5 heteroatoms. The molecule has 1 fully saturated rings. The summed E-state index contributed by atoms with van der Waals surface area (Å²) in [4.78, 5) is 23.9. The Labute approximate surface area is 122 Å². The summed E-state index contributed by atoms with van der Waals surface area (Å²) in [7, 11) is 0. The topological polar surface area (TPSA) is 77.8 Å². The second kappa shape index (κ2) is 5.76. The summed E-state index contributed by atoms with van der Waals surface area (Å²) in [6.07, 6.45) is 5.99. The van der Waals surface area contributed by atoms with Gasteiger partial charge >= 0.3 is 0 Å². The van der Waals surface area contributed by atoms with Crippen molar-refractivity contribution in [2.24, 2.45) is 5.92 Å². The number of anilines is 1. The van der Waals surface area contributed by atoms with E-state index in [2.05, 4.69) is 22.4 Å². The van der Waals surface area contributed by atoms with Gasteiger partial charge in [-0.3, -0.25) is 19.8 Å². The van der Waals surface area contributed by atoms with Crippen molar-refractivity contribution in [3.8, 4) is 0 Å². The fraction of sp³-hybridized carbons (Fsp3) is 0.500. The molecule has 0 aliphatic heterocycles. The maximum absolute atomic E-state index is 12.1. The zero-order valence-corrected chi connectivity index (χ0v) is 12.2. The second-order valence-corrected chi connectivity index (χ2v) is 5.84. The van der Waals surface area contributed by atoms with Gasteiger partial charge < -0.3 is 5.32 Å². The Kier molecular flexibility index (Phi) is 3.82. The molecule has 21 heavy (non-hydrogen) atoms. The van der Waals surface area contributed by atoms with Crippen molar-refractivity contribution in [3.63, 3.8) is 0 Å². The first-order valence-corrected chi connectivity index (χ1v) is 7.71. The summed E-state index contributed by atoms with van der Waals surface area (Å²) in [5, 5.41) is 9.20. The molecule has 112 valence electrons. The number of aromatic amines is 2. The van der Waals surface area contributed by atoms with Crippen molar-refractivity contribution in [3.05, 3.63) is 38.9 Å². The fourth-order valence-electron chi connectivity index (χ4n) is 3.44. The molecule has 2 unspecified atom stereocenters. The number of H-pyrrole nitrogens is 2. The smallest absolute Gasteiger partial charge is 0.272 e. The lowest BCUT2D eigenvalue weighted by molar-refractivity contribution is 0.317. The van der Waals surface area contributed by atoms with Crippen LogP contribution in [0, 0.1) is 5.92 Å². The Morgan fingerprint density at radius 1 is 1.14 bits per heavy atom. The normalized spacial score (nSPS) is 22.3. The molecule has 1 aromatic carbocycles. The van der Waals surface area contributed by atoms with Crippen molar-refractivity contribution in [1.82, 2.24) is 10.2 Å². The van der Waals surface area contributed by atoms with E-state index >= 15 is 0 Å². The molecule has 0 bridgehead atoms. The van der Waals surface area contributed by atoms with Crippen LogP contribution >= 0.6 is 0 Å². The number of hydrogen-bond donors (Lipinski definition) is 3. The molecule has 0 radical (unpaired) electrons. The van der Waals surface area contributed by atoms with Crippen molar-refractivity contribution in [1.29, 1.82) is 0 Å². The van der Waals surface area contributed by atoms with Gasteiger partial charge in [0.25, 0.3) is 11.1 Å². The summed E-state index contributed by atoms with van der Waals surface area (Å²) in [6.45, 7) is 2.21. The highest BCUT2D eigenvalue weighted by atomic mass is 16.1. The first kappa shape index (κ1) is 13.9. The van der Waals surface area contributed by atoms with Gasteiger partial charge in [0, 0.05) is 11.7 Å². The van der Waals surface area contributed by atoms with Gasteiger partial charge in [-0.15, -0.1) is 0 Å². The zero-order valence-electron chi connectivity index (χ0n) is 12.2. The van der Waals surface area contributed by atoms with Crippen molar-refractivity contribution >= 4 is 16.5 Å². The number of benzene rings is 1. The Morgan fingerprint density at radius 2 is 1.90 bits per heavy atom.